The van der Waals surface area contributed by atoms with Gasteiger partial charge in [-0.25, -0.2) is 9.37 Å². The third-order valence-electron chi connectivity index (χ3n) is 1.70. The Morgan fingerprint density at radius 3 is 3.00 bits per heavy atom. The van der Waals surface area contributed by atoms with E-state index in [-0.39, 0.29) is 11.4 Å². The third-order valence-corrected chi connectivity index (χ3v) is 1.70. The van der Waals surface area contributed by atoms with Gasteiger partial charge in [-0.1, -0.05) is 6.92 Å². The summed E-state index contributed by atoms with van der Waals surface area (Å²) in [6, 6.07) is 1.26. The zero-order chi connectivity index (χ0) is 10.6. The smallest absolute Gasteiger partial charge is 0.251 e. The molecule has 0 unspecified atom stereocenters. The van der Waals surface area contributed by atoms with Crippen LogP contribution in [0.3, 0.4) is 0 Å². The van der Waals surface area contributed by atoms with Gasteiger partial charge in [-0.3, -0.25) is 4.79 Å². The zero-order valence-electron chi connectivity index (χ0n) is 7.88. The SMILES string of the molecule is CCCNc1nccc(C(N)=O)c1F. The minimum Gasteiger partial charge on any atom is -0.368 e. The Morgan fingerprint density at radius 2 is 2.43 bits per heavy atom. The van der Waals surface area contributed by atoms with Gasteiger partial charge < -0.3 is 11.1 Å². The molecule has 1 rings (SSSR count). The van der Waals surface area contributed by atoms with E-state index in [1.54, 1.807) is 0 Å². The lowest BCUT2D eigenvalue weighted by Crippen LogP contribution is -2.15. The van der Waals surface area contributed by atoms with Gasteiger partial charge in [0.1, 0.15) is 0 Å². The first-order valence-corrected chi connectivity index (χ1v) is 4.35. The van der Waals surface area contributed by atoms with Crippen molar-refractivity contribution in [2.24, 2.45) is 5.73 Å². The van der Waals surface area contributed by atoms with Crippen LogP contribution >= 0.6 is 0 Å². The standard InChI is InChI=1S/C9H12FN3O/c1-2-4-12-9-7(10)6(8(11)14)3-5-13-9/h3,5H,2,4H2,1H3,(H2,11,14)(H,12,13). The van der Waals surface area contributed by atoms with Crippen LogP contribution in [0.1, 0.15) is 23.7 Å². The highest BCUT2D eigenvalue weighted by atomic mass is 19.1. The first-order chi connectivity index (χ1) is 6.66. The van der Waals surface area contributed by atoms with Gasteiger partial charge in [0.15, 0.2) is 11.6 Å². The molecule has 5 heteroatoms. The minimum absolute atomic E-state index is 0.0724. The Labute approximate surface area is 81.3 Å². The maximum atomic E-state index is 13.4. The normalized spacial score (nSPS) is 9.86. The number of amides is 1. The summed E-state index contributed by atoms with van der Waals surface area (Å²) in [7, 11) is 0. The summed E-state index contributed by atoms with van der Waals surface area (Å²) >= 11 is 0. The van der Waals surface area contributed by atoms with Crippen molar-refractivity contribution in [3.63, 3.8) is 0 Å². The highest BCUT2D eigenvalue weighted by Crippen LogP contribution is 2.14. The molecular formula is C9H12FN3O. The van der Waals surface area contributed by atoms with Crippen LogP contribution < -0.4 is 11.1 Å². The van der Waals surface area contributed by atoms with E-state index in [1.807, 2.05) is 6.92 Å². The van der Waals surface area contributed by atoms with Crippen molar-refractivity contribution < 1.29 is 9.18 Å². The van der Waals surface area contributed by atoms with Crippen LogP contribution in [-0.2, 0) is 0 Å². The molecule has 1 aromatic rings. The summed E-state index contributed by atoms with van der Waals surface area (Å²) in [4.78, 5) is 14.5. The second-order valence-electron chi connectivity index (χ2n) is 2.81. The molecule has 0 saturated heterocycles. The molecule has 0 spiro atoms. The summed E-state index contributed by atoms with van der Waals surface area (Å²) in [6.07, 6.45) is 2.20. The Balaban J connectivity index is 2.95. The van der Waals surface area contributed by atoms with Crippen molar-refractivity contribution in [2.75, 3.05) is 11.9 Å². The van der Waals surface area contributed by atoms with Gasteiger partial charge in [0, 0.05) is 12.7 Å². The molecule has 1 amide bonds. The molecule has 0 aliphatic rings. The Morgan fingerprint density at radius 1 is 1.71 bits per heavy atom. The molecule has 0 saturated carbocycles. The predicted molar refractivity (Wildman–Crippen MR) is 51.5 cm³/mol. The van der Waals surface area contributed by atoms with E-state index in [2.05, 4.69) is 10.3 Å². The molecule has 14 heavy (non-hydrogen) atoms. The van der Waals surface area contributed by atoms with Crippen molar-refractivity contribution >= 4 is 11.7 Å². The van der Waals surface area contributed by atoms with Gasteiger partial charge >= 0.3 is 0 Å². The van der Waals surface area contributed by atoms with E-state index in [1.165, 1.54) is 12.3 Å². The van der Waals surface area contributed by atoms with Crippen molar-refractivity contribution in [3.8, 4) is 0 Å². The van der Waals surface area contributed by atoms with E-state index in [0.717, 1.165) is 6.42 Å². The molecule has 0 fully saturated rings. The molecule has 76 valence electrons. The van der Waals surface area contributed by atoms with Crippen molar-refractivity contribution in [2.45, 2.75) is 13.3 Å². The fourth-order valence-electron chi connectivity index (χ4n) is 1.00. The zero-order valence-corrected chi connectivity index (χ0v) is 7.88. The number of hydrogen-bond acceptors (Lipinski definition) is 3. The Bertz CT molecular complexity index is 341. The first kappa shape index (κ1) is 10.4. The number of carbonyl (C=O) groups excluding carboxylic acids is 1. The molecule has 1 heterocycles. The van der Waals surface area contributed by atoms with Crippen molar-refractivity contribution in [3.05, 3.63) is 23.6 Å². The molecule has 0 radical (unpaired) electrons. The van der Waals surface area contributed by atoms with E-state index in [9.17, 15) is 9.18 Å². The van der Waals surface area contributed by atoms with Gasteiger partial charge in [-0.05, 0) is 12.5 Å². The van der Waals surface area contributed by atoms with Crippen LogP contribution in [0.2, 0.25) is 0 Å². The van der Waals surface area contributed by atoms with Gasteiger partial charge in [-0.2, -0.15) is 0 Å². The number of hydrogen-bond donors (Lipinski definition) is 2. The van der Waals surface area contributed by atoms with Crippen LogP contribution in [0, 0.1) is 5.82 Å². The number of anilines is 1. The number of pyridine rings is 1. The Kier molecular flexibility index (Phi) is 3.39. The average Bonchev–Trinajstić information content (AvgIpc) is 2.16. The van der Waals surface area contributed by atoms with Gasteiger partial charge in [0.2, 0.25) is 0 Å². The van der Waals surface area contributed by atoms with E-state index < -0.39 is 11.7 Å². The molecule has 0 aliphatic heterocycles. The van der Waals surface area contributed by atoms with E-state index in [0.29, 0.717) is 6.54 Å². The third kappa shape index (κ3) is 2.18. The second kappa shape index (κ2) is 4.55. The Hall–Kier alpha value is -1.65. The average molecular weight is 197 g/mol. The summed E-state index contributed by atoms with van der Waals surface area (Å²) in [5.41, 5.74) is 4.84. The number of nitrogens with two attached hydrogens (primary N) is 1. The number of nitrogens with zero attached hydrogens (tertiary/aromatic N) is 1. The number of halogens is 1. The fourth-order valence-corrected chi connectivity index (χ4v) is 1.00. The highest BCUT2D eigenvalue weighted by Gasteiger charge is 2.12. The van der Waals surface area contributed by atoms with Gasteiger partial charge in [0.25, 0.3) is 5.91 Å². The quantitative estimate of drug-likeness (QED) is 0.760. The van der Waals surface area contributed by atoms with Gasteiger partial charge in [-0.15, -0.1) is 0 Å². The van der Waals surface area contributed by atoms with Crippen molar-refractivity contribution in [1.82, 2.24) is 4.98 Å². The molecule has 1 aromatic heterocycles. The van der Waals surface area contributed by atoms with E-state index >= 15 is 0 Å². The minimum atomic E-state index is -0.788. The molecule has 0 aromatic carbocycles. The largest absolute Gasteiger partial charge is 0.368 e. The number of nitrogens with one attached hydrogen (secondary N) is 1. The lowest BCUT2D eigenvalue weighted by atomic mass is 10.2. The lowest BCUT2D eigenvalue weighted by molar-refractivity contribution is 0.0996. The maximum Gasteiger partial charge on any atom is 0.251 e. The monoisotopic (exact) mass is 197 g/mol. The van der Waals surface area contributed by atoms with Gasteiger partial charge in [0.05, 0.1) is 5.56 Å². The van der Waals surface area contributed by atoms with Crippen LogP contribution in [0.4, 0.5) is 10.2 Å². The fraction of sp³-hybridized carbons (Fsp3) is 0.333. The molecule has 4 nitrogen and oxygen atoms in total. The maximum absolute atomic E-state index is 13.4. The predicted octanol–water partition coefficient (Wildman–Crippen LogP) is 1.14. The molecular weight excluding hydrogens is 185 g/mol. The summed E-state index contributed by atoms with van der Waals surface area (Å²) < 4.78 is 13.4. The molecule has 3 N–H and O–H groups in total. The summed E-state index contributed by atoms with van der Waals surface area (Å²) in [5.74, 6) is -1.40. The van der Waals surface area contributed by atoms with Crippen LogP contribution in [0.5, 0.6) is 0 Å². The molecule has 0 bridgehead atoms. The molecule has 0 aliphatic carbocycles. The topological polar surface area (TPSA) is 68.0 Å². The highest BCUT2D eigenvalue weighted by molar-refractivity contribution is 5.93. The summed E-state index contributed by atoms with van der Waals surface area (Å²) in [6.45, 7) is 2.55. The van der Waals surface area contributed by atoms with Crippen LogP contribution in [0.15, 0.2) is 12.3 Å². The number of primary amides is 1. The number of rotatable bonds is 4. The lowest BCUT2D eigenvalue weighted by Gasteiger charge is -2.06. The van der Waals surface area contributed by atoms with Crippen LogP contribution in [0.25, 0.3) is 0 Å². The first-order valence-electron chi connectivity index (χ1n) is 4.35. The van der Waals surface area contributed by atoms with Crippen molar-refractivity contribution in [1.29, 1.82) is 0 Å². The number of aromatic nitrogens is 1. The van der Waals surface area contributed by atoms with Crippen LogP contribution in [-0.4, -0.2) is 17.4 Å². The number of carbonyl (C=O) groups is 1. The second-order valence-corrected chi connectivity index (χ2v) is 2.81. The summed E-state index contributed by atoms with van der Waals surface area (Å²) in [5, 5.41) is 2.76. The molecule has 0 atom stereocenters. The van der Waals surface area contributed by atoms with E-state index in [4.69, 9.17) is 5.73 Å².